The Kier molecular flexibility index (Phi) is 3.76. The van der Waals surface area contributed by atoms with Gasteiger partial charge in [-0.1, -0.05) is 18.2 Å². The molecule has 0 aliphatic carbocycles. The number of carbonyl (C=O) groups excluding carboxylic acids is 1. The van der Waals surface area contributed by atoms with Crippen LogP contribution in [0.15, 0.2) is 40.8 Å². The van der Waals surface area contributed by atoms with Crippen LogP contribution in [0.1, 0.15) is 17.1 Å². The molecular weight excluding hydrogens is 318 g/mol. The minimum atomic E-state index is -0.0234. The van der Waals surface area contributed by atoms with E-state index in [0.717, 1.165) is 22.7 Å². The zero-order valence-electron chi connectivity index (χ0n) is 14.0. The number of aryl methyl sites for hydroxylation is 1. The van der Waals surface area contributed by atoms with Gasteiger partial charge in [0, 0.05) is 24.6 Å². The number of nitrogen functional groups attached to an aromatic ring is 1. The maximum absolute atomic E-state index is 12.6. The van der Waals surface area contributed by atoms with E-state index < -0.39 is 0 Å². The summed E-state index contributed by atoms with van der Waals surface area (Å²) < 4.78 is 7.41. The van der Waals surface area contributed by atoms with E-state index in [1.807, 2.05) is 37.3 Å². The zero-order valence-corrected chi connectivity index (χ0v) is 14.0. The van der Waals surface area contributed by atoms with E-state index >= 15 is 0 Å². The lowest BCUT2D eigenvalue weighted by Gasteiger charge is -2.25. The van der Waals surface area contributed by atoms with E-state index in [1.165, 1.54) is 4.68 Å². The number of benzene rings is 1. The molecule has 0 fully saturated rings. The average Bonchev–Trinajstić information content (AvgIpc) is 3.17. The third-order valence-electron chi connectivity index (χ3n) is 4.32. The van der Waals surface area contributed by atoms with Crippen molar-refractivity contribution in [3.63, 3.8) is 0 Å². The van der Waals surface area contributed by atoms with E-state index in [2.05, 4.69) is 10.1 Å². The molecular formula is C18H19N5O2. The second kappa shape index (κ2) is 6.08. The van der Waals surface area contributed by atoms with Crippen molar-refractivity contribution in [2.75, 3.05) is 12.3 Å². The van der Waals surface area contributed by atoms with Crippen LogP contribution in [0, 0.1) is 6.92 Å². The Balaban J connectivity index is 1.50. The average molecular weight is 337 g/mol. The number of amides is 1. The first-order valence-corrected chi connectivity index (χ1v) is 8.22. The molecule has 0 bridgehead atoms. The van der Waals surface area contributed by atoms with Gasteiger partial charge in [0.2, 0.25) is 11.8 Å². The zero-order chi connectivity index (χ0) is 17.4. The standard InChI is InChI=1S/C18H19N5O2/c1-12-9-16(19)23(21-12)11-17(24)22-8-7-15-14(10-22)20-18(25-15)13-5-3-2-4-6-13/h2-6,9H,7-8,10-11,19H2,1H3. The third-order valence-corrected chi connectivity index (χ3v) is 4.32. The van der Waals surface area contributed by atoms with E-state index in [0.29, 0.717) is 31.2 Å². The molecule has 1 aliphatic rings. The van der Waals surface area contributed by atoms with Crippen LogP contribution < -0.4 is 5.73 Å². The molecule has 1 aromatic carbocycles. The fraction of sp³-hybridized carbons (Fsp3) is 0.278. The molecule has 25 heavy (non-hydrogen) atoms. The van der Waals surface area contributed by atoms with Crippen molar-refractivity contribution in [3.05, 3.63) is 53.5 Å². The van der Waals surface area contributed by atoms with Gasteiger partial charge in [0.05, 0.1) is 12.2 Å². The molecule has 3 heterocycles. The Morgan fingerprint density at radius 2 is 2.12 bits per heavy atom. The van der Waals surface area contributed by atoms with Crippen LogP contribution in [0.4, 0.5) is 5.82 Å². The molecule has 3 aromatic rings. The van der Waals surface area contributed by atoms with Gasteiger partial charge < -0.3 is 15.1 Å². The molecule has 7 nitrogen and oxygen atoms in total. The highest BCUT2D eigenvalue weighted by molar-refractivity contribution is 5.76. The number of hydrogen-bond donors (Lipinski definition) is 1. The summed E-state index contributed by atoms with van der Waals surface area (Å²) in [5.41, 5.74) is 8.43. The summed E-state index contributed by atoms with van der Waals surface area (Å²) in [6.45, 7) is 3.05. The lowest BCUT2D eigenvalue weighted by Crippen LogP contribution is -2.38. The number of anilines is 1. The summed E-state index contributed by atoms with van der Waals surface area (Å²) in [7, 11) is 0. The molecule has 0 unspecified atom stereocenters. The number of rotatable bonds is 3. The molecule has 0 saturated carbocycles. The second-order valence-electron chi connectivity index (χ2n) is 6.19. The van der Waals surface area contributed by atoms with Gasteiger partial charge in [-0.2, -0.15) is 5.10 Å². The number of aromatic nitrogens is 3. The monoisotopic (exact) mass is 337 g/mol. The fourth-order valence-corrected chi connectivity index (χ4v) is 3.04. The lowest BCUT2D eigenvalue weighted by molar-refractivity contribution is -0.133. The second-order valence-corrected chi connectivity index (χ2v) is 6.19. The lowest BCUT2D eigenvalue weighted by atomic mass is 10.1. The summed E-state index contributed by atoms with van der Waals surface area (Å²) in [5, 5.41) is 4.24. The van der Waals surface area contributed by atoms with Crippen LogP contribution in [-0.4, -0.2) is 32.1 Å². The molecule has 2 N–H and O–H groups in total. The Bertz CT molecular complexity index is 913. The highest BCUT2D eigenvalue weighted by Gasteiger charge is 2.26. The maximum Gasteiger partial charge on any atom is 0.244 e. The predicted molar refractivity (Wildman–Crippen MR) is 92.4 cm³/mol. The molecule has 7 heteroatoms. The SMILES string of the molecule is Cc1cc(N)n(CC(=O)N2CCc3oc(-c4ccccc4)nc3C2)n1. The topological polar surface area (TPSA) is 90.2 Å². The van der Waals surface area contributed by atoms with Crippen molar-refractivity contribution in [1.29, 1.82) is 0 Å². The van der Waals surface area contributed by atoms with E-state index in [9.17, 15) is 4.79 Å². The number of nitrogens with zero attached hydrogens (tertiary/aromatic N) is 4. The van der Waals surface area contributed by atoms with Crippen molar-refractivity contribution in [3.8, 4) is 11.5 Å². The summed E-state index contributed by atoms with van der Waals surface area (Å²) in [6.07, 6.45) is 0.661. The van der Waals surface area contributed by atoms with Crippen LogP contribution >= 0.6 is 0 Å². The first-order valence-electron chi connectivity index (χ1n) is 8.22. The minimum absolute atomic E-state index is 0.0234. The van der Waals surface area contributed by atoms with Crippen molar-refractivity contribution in [2.45, 2.75) is 26.4 Å². The molecule has 0 spiro atoms. The molecule has 1 amide bonds. The van der Waals surface area contributed by atoms with Crippen molar-refractivity contribution < 1.29 is 9.21 Å². The summed E-state index contributed by atoms with van der Waals surface area (Å²) in [5.74, 6) is 1.94. The normalized spacial score (nSPS) is 13.7. The maximum atomic E-state index is 12.6. The Hall–Kier alpha value is -3.09. The predicted octanol–water partition coefficient (Wildman–Crippen LogP) is 2.01. The smallest absolute Gasteiger partial charge is 0.244 e. The quantitative estimate of drug-likeness (QED) is 0.789. The fourth-order valence-electron chi connectivity index (χ4n) is 3.04. The van der Waals surface area contributed by atoms with Gasteiger partial charge in [-0.15, -0.1) is 0 Å². The molecule has 4 rings (SSSR count). The summed E-state index contributed by atoms with van der Waals surface area (Å²) in [4.78, 5) is 18.9. The Morgan fingerprint density at radius 1 is 1.32 bits per heavy atom. The Morgan fingerprint density at radius 3 is 2.84 bits per heavy atom. The summed E-state index contributed by atoms with van der Waals surface area (Å²) in [6, 6.07) is 11.5. The van der Waals surface area contributed by atoms with Crippen LogP contribution in [-0.2, 0) is 24.3 Å². The number of oxazole rings is 1. The van der Waals surface area contributed by atoms with Gasteiger partial charge in [-0.3, -0.25) is 4.79 Å². The first-order chi connectivity index (χ1) is 12.1. The highest BCUT2D eigenvalue weighted by atomic mass is 16.4. The van der Waals surface area contributed by atoms with Gasteiger partial charge in [-0.05, 0) is 19.1 Å². The third kappa shape index (κ3) is 3.00. The van der Waals surface area contributed by atoms with E-state index in [4.69, 9.17) is 10.2 Å². The number of fused-ring (bicyclic) bond motifs is 1. The van der Waals surface area contributed by atoms with Gasteiger partial charge in [0.1, 0.15) is 23.8 Å². The van der Waals surface area contributed by atoms with Gasteiger partial charge in [0.15, 0.2) is 0 Å². The molecule has 2 aromatic heterocycles. The summed E-state index contributed by atoms with van der Waals surface area (Å²) >= 11 is 0. The Labute approximate surface area is 145 Å². The van der Waals surface area contributed by atoms with Crippen molar-refractivity contribution in [1.82, 2.24) is 19.7 Å². The van der Waals surface area contributed by atoms with Gasteiger partial charge in [0.25, 0.3) is 0 Å². The number of carbonyl (C=O) groups is 1. The molecule has 0 saturated heterocycles. The van der Waals surface area contributed by atoms with Gasteiger partial charge in [-0.25, -0.2) is 9.67 Å². The molecule has 0 atom stereocenters. The van der Waals surface area contributed by atoms with Crippen molar-refractivity contribution >= 4 is 11.7 Å². The largest absolute Gasteiger partial charge is 0.441 e. The number of hydrogen-bond acceptors (Lipinski definition) is 5. The van der Waals surface area contributed by atoms with Crippen LogP contribution in [0.5, 0.6) is 0 Å². The molecule has 0 radical (unpaired) electrons. The van der Waals surface area contributed by atoms with Gasteiger partial charge >= 0.3 is 0 Å². The van der Waals surface area contributed by atoms with E-state index in [-0.39, 0.29) is 12.5 Å². The van der Waals surface area contributed by atoms with Crippen LogP contribution in [0.3, 0.4) is 0 Å². The minimum Gasteiger partial charge on any atom is -0.441 e. The van der Waals surface area contributed by atoms with Crippen LogP contribution in [0.2, 0.25) is 0 Å². The van der Waals surface area contributed by atoms with Crippen LogP contribution in [0.25, 0.3) is 11.5 Å². The number of nitrogens with two attached hydrogens (primary N) is 1. The highest BCUT2D eigenvalue weighted by Crippen LogP contribution is 2.26. The van der Waals surface area contributed by atoms with Crippen molar-refractivity contribution in [2.24, 2.45) is 0 Å². The molecule has 1 aliphatic heterocycles. The molecule has 128 valence electrons. The first kappa shape index (κ1) is 15.4. The van der Waals surface area contributed by atoms with E-state index in [1.54, 1.807) is 11.0 Å².